The molecule has 0 amide bonds. The van der Waals surface area contributed by atoms with E-state index in [9.17, 15) is 4.79 Å². The molecule has 2 heterocycles. The van der Waals surface area contributed by atoms with Crippen molar-refractivity contribution in [2.75, 3.05) is 0 Å². The van der Waals surface area contributed by atoms with Gasteiger partial charge in [0, 0.05) is 17.5 Å². The van der Waals surface area contributed by atoms with Crippen molar-refractivity contribution in [1.29, 1.82) is 0 Å². The Morgan fingerprint density at radius 1 is 1.29 bits per heavy atom. The van der Waals surface area contributed by atoms with Gasteiger partial charge in [0.2, 0.25) is 0 Å². The first-order valence-electron chi connectivity index (χ1n) is 5.70. The fraction of sp³-hybridized carbons (Fsp3) is 0.308. The average molecular weight is 244 g/mol. The van der Waals surface area contributed by atoms with E-state index in [2.05, 4.69) is 9.97 Å². The van der Waals surface area contributed by atoms with Crippen LogP contribution in [0.1, 0.15) is 33.8 Å². The Hall–Kier alpha value is -1.55. The molecule has 0 spiro atoms. The Morgan fingerprint density at radius 2 is 2.18 bits per heavy atom. The molecule has 0 fully saturated rings. The van der Waals surface area contributed by atoms with Crippen molar-refractivity contribution in [2.45, 2.75) is 26.2 Å². The third kappa shape index (κ3) is 1.78. The molecule has 1 aliphatic carbocycles. The summed E-state index contributed by atoms with van der Waals surface area (Å²) in [5.41, 5.74) is 2.69. The van der Waals surface area contributed by atoms with Crippen LogP contribution in [0.4, 0.5) is 0 Å². The molecule has 1 aliphatic rings. The summed E-state index contributed by atoms with van der Waals surface area (Å²) in [6.45, 7) is 2.02. The second kappa shape index (κ2) is 4.04. The standard InChI is InChI=1S/C13H12N2OS/c1-8-4-3-7-14-11(8)13-15-12-9(16)5-2-6-10(12)17-13/h3-4,7H,2,5-6H2,1H3. The summed E-state index contributed by atoms with van der Waals surface area (Å²) in [5.74, 6) is 0.183. The number of ketones is 1. The maximum absolute atomic E-state index is 11.7. The lowest BCUT2D eigenvalue weighted by Crippen LogP contribution is -2.08. The zero-order valence-corrected chi connectivity index (χ0v) is 10.4. The molecule has 3 nitrogen and oxygen atoms in total. The summed E-state index contributed by atoms with van der Waals surface area (Å²) in [5, 5.41) is 0.878. The molecule has 0 radical (unpaired) electrons. The van der Waals surface area contributed by atoms with E-state index < -0.39 is 0 Å². The van der Waals surface area contributed by atoms with E-state index in [1.165, 1.54) is 0 Å². The fourth-order valence-electron chi connectivity index (χ4n) is 2.08. The second-order valence-corrected chi connectivity index (χ2v) is 5.32. The highest BCUT2D eigenvalue weighted by Crippen LogP contribution is 2.32. The van der Waals surface area contributed by atoms with Gasteiger partial charge in [0.25, 0.3) is 0 Å². The molecule has 0 aromatic carbocycles. The summed E-state index contributed by atoms with van der Waals surface area (Å²) < 4.78 is 0. The monoisotopic (exact) mass is 244 g/mol. The van der Waals surface area contributed by atoms with E-state index in [-0.39, 0.29) is 5.78 Å². The SMILES string of the molecule is Cc1cccnc1-c1nc2c(s1)CCCC2=O. The lowest BCUT2D eigenvalue weighted by Gasteiger charge is -2.06. The lowest BCUT2D eigenvalue weighted by atomic mass is 10.0. The van der Waals surface area contributed by atoms with Gasteiger partial charge in [-0.2, -0.15) is 0 Å². The number of carbonyl (C=O) groups excluding carboxylic acids is 1. The van der Waals surface area contributed by atoms with Crippen LogP contribution in [0, 0.1) is 6.92 Å². The molecule has 0 unspecified atom stereocenters. The normalized spacial score (nSPS) is 14.8. The van der Waals surface area contributed by atoms with Gasteiger partial charge >= 0.3 is 0 Å². The highest BCUT2D eigenvalue weighted by molar-refractivity contribution is 7.15. The molecule has 4 heteroatoms. The molecular weight excluding hydrogens is 232 g/mol. The first-order valence-corrected chi connectivity index (χ1v) is 6.52. The molecule has 0 N–H and O–H groups in total. The summed E-state index contributed by atoms with van der Waals surface area (Å²) in [6.07, 6.45) is 4.33. The third-order valence-corrected chi connectivity index (χ3v) is 4.10. The molecular formula is C13H12N2OS. The Morgan fingerprint density at radius 3 is 2.94 bits per heavy atom. The van der Waals surface area contributed by atoms with Gasteiger partial charge in [0.05, 0.1) is 0 Å². The van der Waals surface area contributed by atoms with Crippen molar-refractivity contribution < 1.29 is 4.79 Å². The molecule has 3 rings (SSSR count). The number of rotatable bonds is 1. The van der Waals surface area contributed by atoms with Gasteiger partial charge in [0.15, 0.2) is 5.78 Å². The predicted octanol–water partition coefficient (Wildman–Crippen LogP) is 3.03. The first-order chi connectivity index (χ1) is 8.25. The van der Waals surface area contributed by atoms with Gasteiger partial charge in [-0.25, -0.2) is 4.98 Å². The van der Waals surface area contributed by atoms with Crippen LogP contribution in [-0.2, 0) is 6.42 Å². The molecule has 2 aromatic rings. The molecule has 86 valence electrons. The van der Waals surface area contributed by atoms with Crippen molar-refractivity contribution in [3.8, 4) is 10.7 Å². The Labute approximate surface area is 104 Å². The molecule has 0 saturated heterocycles. The van der Waals surface area contributed by atoms with Crippen molar-refractivity contribution in [2.24, 2.45) is 0 Å². The van der Waals surface area contributed by atoms with Crippen LogP contribution in [0.3, 0.4) is 0 Å². The van der Waals surface area contributed by atoms with E-state index in [0.29, 0.717) is 12.1 Å². The molecule has 0 atom stereocenters. The average Bonchev–Trinajstić information content (AvgIpc) is 2.75. The van der Waals surface area contributed by atoms with Crippen LogP contribution < -0.4 is 0 Å². The molecule has 0 bridgehead atoms. The van der Waals surface area contributed by atoms with Crippen molar-refractivity contribution in [3.05, 3.63) is 34.5 Å². The predicted molar refractivity (Wildman–Crippen MR) is 67.4 cm³/mol. The van der Waals surface area contributed by atoms with Crippen LogP contribution >= 0.6 is 11.3 Å². The van der Waals surface area contributed by atoms with Crippen LogP contribution in [0.5, 0.6) is 0 Å². The van der Waals surface area contributed by atoms with Crippen molar-refractivity contribution >= 4 is 17.1 Å². The minimum atomic E-state index is 0.183. The van der Waals surface area contributed by atoms with Crippen molar-refractivity contribution in [1.82, 2.24) is 9.97 Å². The zero-order valence-electron chi connectivity index (χ0n) is 9.56. The van der Waals surface area contributed by atoms with Gasteiger partial charge in [-0.05, 0) is 31.4 Å². The number of aryl methyl sites for hydroxylation is 2. The highest BCUT2D eigenvalue weighted by atomic mass is 32.1. The smallest absolute Gasteiger partial charge is 0.182 e. The van der Waals surface area contributed by atoms with E-state index in [1.54, 1.807) is 17.5 Å². The maximum atomic E-state index is 11.7. The van der Waals surface area contributed by atoms with E-state index in [1.807, 2.05) is 19.1 Å². The van der Waals surface area contributed by atoms with Gasteiger partial charge in [-0.15, -0.1) is 11.3 Å². The second-order valence-electron chi connectivity index (χ2n) is 4.24. The quantitative estimate of drug-likeness (QED) is 0.774. The number of fused-ring (bicyclic) bond motifs is 1. The number of hydrogen-bond acceptors (Lipinski definition) is 4. The first kappa shape index (κ1) is 10.6. The topological polar surface area (TPSA) is 42.9 Å². The molecule has 2 aromatic heterocycles. The van der Waals surface area contributed by atoms with Crippen LogP contribution in [0.2, 0.25) is 0 Å². The summed E-state index contributed by atoms with van der Waals surface area (Å²) >= 11 is 1.61. The van der Waals surface area contributed by atoms with E-state index in [4.69, 9.17) is 0 Å². The highest BCUT2D eigenvalue weighted by Gasteiger charge is 2.23. The lowest BCUT2D eigenvalue weighted by molar-refractivity contribution is 0.0968. The number of carbonyl (C=O) groups is 1. The minimum Gasteiger partial charge on any atom is -0.292 e. The largest absolute Gasteiger partial charge is 0.292 e. The van der Waals surface area contributed by atoms with Crippen LogP contribution in [0.25, 0.3) is 10.7 Å². The summed E-state index contributed by atoms with van der Waals surface area (Å²) in [4.78, 5) is 21.7. The molecule has 0 aliphatic heterocycles. The van der Waals surface area contributed by atoms with Gasteiger partial charge in [-0.1, -0.05) is 6.07 Å². The van der Waals surface area contributed by atoms with Crippen LogP contribution in [0.15, 0.2) is 18.3 Å². The number of aromatic nitrogens is 2. The fourth-order valence-corrected chi connectivity index (χ4v) is 3.26. The minimum absolute atomic E-state index is 0.183. The number of hydrogen-bond donors (Lipinski definition) is 0. The van der Waals surface area contributed by atoms with E-state index >= 15 is 0 Å². The van der Waals surface area contributed by atoms with E-state index in [0.717, 1.165) is 34.0 Å². The number of nitrogens with zero attached hydrogens (tertiary/aromatic N) is 2. The van der Waals surface area contributed by atoms with Gasteiger partial charge in [0.1, 0.15) is 16.4 Å². The maximum Gasteiger partial charge on any atom is 0.182 e. The van der Waals surface area contributed by atoms with Gasteiger partial charge < -0.3 is 0 Å². The zero-order chi connectivity index (χ0) is 11.8. The Bertz CT molecular complexity index is 589. The van der Waals surface area contributed by atoms with Gasteiger partial charge in [-0.3, -0.25) is 9.78 Å². The summed E-state index contributed by atoms with van der Waals surface area (Å²) in [6, 6.07) is 3.93. The number of Topliss-reactive ketones (excluding diaryl/α,β-unsaturated/α-hetero) is 1. The molecule has 0 saturated carbocycles. The third-order valence-electron chi connectivity index (χ3n) is 2.98. The van der Waals surface area contributed by atoms with Crippen molar-refractivity contribution in [3.63, 3.8) is 0 Å². The van der Waals surface area contributed by atoms with Crippen LogP contribution in [-0.4, -0.2) is 15.8 Å². The number of thiazole rings is 1. The summed E-state index contributed by atoms with van der Waals surface area (Å²) in [7, 11) is 0. The molecule has 17 heavy (non-hydrogen) atoms. The Balaban J connectivity index is 2.11. The Kier molecular flexibility index (Phi) is 2.52. The number of pyridine rings is 1.